The van der Waals surface area contributed by atoms with Crippen LogP contribution in [0.25, 0.3) is 11.0 Å². The topological polar surface area (TPSA) is 57.8 Å². The maximum absolute atomic E-state index is 12.1. The Morgan fingerprint density at radius 1 is 1.47 bits per heavy atom. The zero-order valence-electron chi connectivity index (χ0n) is 9.79. The summed E-state index contributed by atoms with van der Waals surface area (Å²) < 4.78 is 0. The Morgan fingerprint density at radius 2 is 2.29 bits per heavy atom. The summed E-state index contributed by atoms with van der Waals surface area (Å²) in [5.41, 5.74) is 2.47. The summed E-state index contributed by atoms with van der Waals surface area (Å²) in [6.45, 7) is 2.10. The van der Waals surface area contributed by atoms with Gasteiger partial charge in [0.15, 0.2) is 0 Å². The van der Waals surface area contributed by atoms with Gasteiger partial charge in [0.05, 0.1) is 17.4 Å². The smallest absolute Gasteiger partial charge is 0.251 e. The minimum Gasteiger partial charge on any atom is -0.347 e. The summed E-state index contributed by atoms with van der Waals surface area (Å²) in [5.74, 6) is 0.00343. The van der Waals surface area contributed by atoms with Crippen molar-refractivity contribution in [2.24, 2.45) is 0 Å². The number of benzene rings is 1. The van der Waals surface area contributed by atoms with Crippen molar-refractivity contribution in [1.82, 2.24) is 15.3 Å². The summed E-state index contributed by atoms with van der Waals surface area (Å²) in [5, 5.41) is 3.09. The molecule has 88 valence electrons. The van der Waals surface area contributed by atoms with E-state index in [1.165, 1.54) is 6.42 Å². The SMILES string of the molecule is CC1(NC(=O)c2ccc3nc[nH]c3c2)CCC1. The third-order valence-electron chi connectivity index (χ3n) is 3.55. The number of nitrogens with one attached hydrogen (secondary N) is 2. The Kier molecular flexibility index (Phi) is 2.18. The number of rotatable bonds is 2. The van der Waals surface area contributed by atoms with Gasteiger partial charge in [-0.1, -0.05) is 0 Å². The van der Waals surface area contributed by atoms with Gasteiger partial charge in [0.1, 0.15) is 0 Å². The first kappa shape index (κ1) is 10.3. The highest BCUT2D eigenvalue weighted by Crippen LogP contribution is 2.31. The highest BCUT2D eigenvalue weighted by atomic mass is 16.1. The van der Waals surface area contributed by atoms with Crippen LogP contribution in [0.3, 0.4) is 0 Å². The summed E-state index contributed by atoms with van der Waals surface area (Å²) in [6.07, 6.45) is 4.99. The van der Waals surface area contributed by atoms with E-state index in [0.717, 1.165) is 23.9 Å². The molecule has 0 saturated heterocycles. The summed E-state index contributed by atoms with van der Waals surface area (Å²) in [7, 11) is 0. The number of aromatic amines is 1. The first-order chi connectivity index (χ1) is 8.16. The van der Waals surface area contributed by atoms with E-state index in [9.17, 15) is 4.79 Å². The van der Waals surface area contributed by atoms with Gasteiger partial charge in [-0.05, 0) is 44.4 Å². The van der Waals surface area contributed by atoms with Crippen molar-refractivity contribution in [3.05, 3.63) is 30.1 Å². The number of imidazole rings is 1. The number of nitrogens with zero attached hydrogens (tertiary/aromatic N) is 1. The Morgan fingerprint density at radius 3 is 3.00 bits per heavy atom. The molecule has 4 heteroatoms. The van der Waals surface area contributed by atoms with Gasteiger partial charge in [0, 0.05) is 11.1 Å². The van der Waals surface area contributed by atoms with Crippen LogP contribution in [-0.4, -0.2) is 21.4 Å². The Balaban J connectivity index is 1.84. The van der Waals surface area contributed by atoms with E-state index in [-0.39, 0.29) is 11.4 Å². The molecular formula is C13H15N3O. The molecule has 0 bridgehead atoms. The monoisotopic (exact) mass is 229 g/mol. The fourth-order valence-corrected chi connectivity index (χ4v) is 2.26. The van der Waals surface area contributed by atoms with E-state index < -0.39 is 0 Å². The largest absolute Gasteiger partial charge is 0.347 e. The summed E-state index contributed by atoms with van der Waals surface area (Å²) in [6, 6.07) is 5.53. The first-order valence-corrected chi connectivity index (χ1v) is 5.92. The molecule has 1 saturated carbocycles. The Labute approximate surface area is 99.4 Å². The molecule has 1 aromatic heterocycles. The molecule has 3 rings (SSSR count). The zero-order valence-corrected chi connectivity index (χ0v) is 9.79. The summed E-state index contributed by atoms with van der Waals surface area (Å²) >= 11 is 0. The number of aromatic nitrogens is 2. The standard InChI is InChI=1S/C13H15N3O/c1-13(5-2-6-13)16-12(17)9-3-4-10-11(7-9)15-8-14-10/h3-4,7-8H,2,5-6H2,1H3,(H,14,15)(H,16,17). The number of H-pyrrole nitrogens is 1. The molecule has 2 N–H and O–H groups in total. The highest BCUT2D eigenvalue weighted by Gasteiger charge is 2.33. The van der Waals surface area contributed by atoms with Crippen molar-refractivity contribution in [3.8, 4) is 0 Å². The van der Waals surface area contributed by atoms with Crippen molar-refractivity contribution in [2.75, 3.05) is 0 Å². The van der Waals surface area contributed by atoms with Gasteiger partial charge in [-0.25, -0.2) is 4.98 Å². The fraction of sp³-hybridized carbons (Fsp3) is 0.385. The second-order valence-electron chi connectivity index (χ2n) is 5.00. The van der Waals surface area contributed by atoms with Crippen LogP contribution in [0.5, 0.6) is 0 Å². The van der Waals surface area contributed by atoms with Gasteiger partial charge in [-0.3, -0.25) is 4.79 Å². The van der Waals surface area contributed by atoms with E-state index in [1.54, 1.807) is 6.33 Å². The number of amides is 1. The molecule has 1 heterocycles. The number of carbonyl (C=O) groups is 1. The molecule has 1 aromatic carbocycles. The van der Waals surface area contributed by atoms with Gasteiger partial charge in [-0.2, -0.15) is 0 Å². The molecule has 1 aliphatic rings. The number of fused-ring (bicyclic) bond motifs is 1. The average molecular weight is 229 g/mol. The lowest BCUT2D eigenvalue weighted by Gasteiger charge is -2.39. The van der Waals surface area contributed by atoms with Crippen LogP contribution in [-0.2, 0) is 0 Å². The summed E-state index contributed by atoms with van der Waals surface area (Å²) in [4.78, 5) is 19.2. The second-order valence-corrected chi connectivity index (χ2v) is 5.00. The van der Waals surface area contributed by atoms with Crippen LogP contribution >= 0.6 is 0 Å². The van der Waals surface area contributed by atoms with Crippen LogP contribution in [0.15, 0.2) is 24.5 Å². The zero-order chi connectivity index (χ0) is 11.9. The van der Waals surface area contributed by atoms with Gasteiger partial charge < -0.3 is 10.3 Å². The second kappa shape index (κ2) is 3.58. The lowest BCUT2D eigenvalue weighted by atomic mass is 9.78. The average Bonchev–Trinajstić information content (AvgIpc) is 2.73. The Hall–Kier alpha value is -1.84. The highest BCUT2D eigenvalue weighted by molar-refractivity contribution is 5.97. The van der Waals surface area contributed by atoms with E-state index in [0.29, 0.717) is 5.56 Å². The number of hydrogen-bond acceptors (Lipinski definition) is 2. The van der Waals surface area contributed by atoms with Gasteiger partial charge in [0.2, 0.25) is 0 Å². The molecule has 0 radical (unpaired) electrons. The van der Waals surface area contributed by atoms with E-state index in [2.05, 4.69) is 22.2 Å². The van der Waals surface area contributed by atoms with Crippen LogP contribution in [0.2, 0.25) is 0 Å². The normalized spacial score (nSPS) is 17.7. The minimum atomic E-state index is 0.0000257. The van der Waals surface area contributed by atoms with Crippen LogP contribution < -0.4 is 5.32 Å². The molecule has 0 aliphatic heterocycles. The minimum absolute atomic E-state index is 0.0000257. The van der Waals surface area contributed by atoms with Crippen molar-refractivity contribution in [1.29, 1.82) is 0 Å². The third kappa shape index (κ3) is 1.79. The molecule has 2 aromatic rings. The molecule has 0 unspecified atom stereocenters. The lowest BCUT2D eigenvalue weighted by molar-refractivity contribution is 0.0850. The Bertz CT molecular complexity index is 569. The van der Waals surface area contributed by atoms with Crippen molar-refractivity contribution >= 4 is 16.9 Å². The van der Waals surface area contributed by atoms with Gasteiger partial charge in [0.25, 0.3) is 5.91 Å². The molecule has 4 nitrogen and oxygen atoms in total. The van der Waals surface area contributed by atoms with Crippen molar-refractivity contribution < 1.29 is 4.79 Å². The maximum Gasteiger partial charge on any atom is 0.251 e. The molecular weight excluding hydrogens is 214 g/mol. The predicted molar refractivity (Wildman–Crippen MR) is 65.8 cm³/mol. The number of hydrogen-bond donors (Lipinski definition) is 2. The van der Waals surface area contributed by atoms with E-state index in [4.69, 9.17) is 0 Å². The molecule has 0 spiro atoms. The van der Waals surface area contributed by atoms with Gasteiger partial charge >= 0.3 is 0 Å². The number of carbonyl (C=O) groups excluding carboxylic acids is 1. The van der Waals surface area contributed by atoms with Crippen LogP contribution in [0, 0.1) is 0 Å². The quantitative estimate of drug-likeness (QED) is 0.829. The first-order valence-electron chi connectivity index (χ1n) is 5.92. The van der Waals surface area contributed by atoms with Crippen LogP contribution in [0.1, 0.15) is 36.5 Å². The molecule has 1 fully saturated rings. The van der Waals surface area contributed by atoms with E-state index >= 15 is 0 Å². The third-order valence-corrected chi connectivity index (χ3v) is 3.55. The molecule has 0 atom stereocenters. The fourth-order valence-electron chi connectivity index (χ4n) is 2.26. The molecule has 17 heavy (non-hydrogen) atoms. The van der Waals surface area contributed by atoms with E-state index in [1.807, 2.05) is 18.2 Å². The maximum atomic E-state index is 12.1. The lowest BCUT2D eigenvalue weighted by Crippen LogP contribution is -2.50. The predicted octanol–water partition coefficient (Wildman–Crippen LogP) is 2.24. The van der Waals surface area contributed by atoms with Crippen molar-refractivity contribution in [3.63, 3.8) is 0 Å². The van der Waals surface area contributed by atoms with Crippen molar-refractivity contribution in [2.45, 2.75) is 31.7 Å². The van der Waals surface area contributed by atoms with Crippen LogP contribution in [0.4, 0.5) is 0 Å². The molecule has 1 aliphatic carbocycles. The van der Waals surface area contributed by atoms with Gasteiger partial charge in [-0.15, -0.1) is 0 Å². The molecule has 1 amide bonds.